The standard InChI is InChI=1S/C14H11N.C6H3N3O7/c1-2-6-12(7-3-1)13-10-14-8-4-5-9-15(14)11-13;10-6-4(8(13)14)1-3(7(11)12)2-5(6)9(15)16/h1-11H;1-2,10H. The van der Waals surface area contributed by atoms with E-state index in [9.17, 15) is 30.3 Å². The maximum absolute atomic E-state index is 10.4. The SMILES string of the molecule is O=[N+]([O-])c1cc([N+](=O)[O-])c(O)c([N+](=O)[O-])c1.c1ccc(-c2cc3ccccn3c2)cc1. The van der Waals surface area contributed by atoms with Gasteiger partial charge >= 0.3 is 11.4 Å². The largest absolute Gasteiger partial charge is 0.497 e. The van der Waals surface area contributed by atoms with Gasteiger partial charge in [0.1, 0.15) is 0 Å². The van der Waals surface area contributed by atoms with E-state index in [2.05, 4.69) is 59.3 Å². The third-order valence-corrected chi connectivity index (χ3v) is 4.27. The lowest BCUT2D eigenvalue weighted by atomic mass is 10.1. The van der Waals surface area contributed by atoms with Gasteiger partial charge in [-0.25, -0.2) is 0 Å². The Morgan fingerprint density at radius 2 is 1.29 bits per heavy atom. The van der Waals surface area contributed by atoms with Crippen molar-refractivity contribution in [2.75, 3.05) is 0 Å². The molecule has 0 saturated heterocycles. The zero-order chi connectivity index (χ0) is 22.5. The number of benzene rings is 2. The lowest BCUT2D eigenvalue weighted by Crippen LogP contribution is -1.97. The number of nitrogens with zero attached hydrogens (tertiary/aromatic N) is 4. The molecule has 11 nitrogen and oxygen atoms in total. The average Bonchev–Trinajstić information content (AvgIpc) is 3.19. The highest BCUT2D eigenvalue weighted by Gasteiger charge is 2.30. The van der Waals surface area contributed by atoms with Crippen molar-refractivity contribution in [2.24, 2.45) is 0 Å². The number of fused-ring (bicyclic) bond motifs is 1. The number of hydrogen-bond donors (Lipinski definition) is 1. The van der Waals surface area contributed by atoms with Gasteiger partial charge in [-0.1, -0.05) is 36.4 Å². The van der Waals surface area contributed by atoms with Gasteiger partial charge in [0, 0.05) is 23.5 Å². The summed E-state index contributed by atoms with van der Waals surface area (Å²) in [5, 5.41) is 40.2. The maximum atomic E-state index is 10.4. The van der Waals surface area contributed by atoms with Gasteiger partial charge in [-0.2, -0.15) is 0 Å². The first-order chi connectivity index (χ1) is 14.8. The topological polar surface area (TPSA) is 154 Å². The molecule has 1 N–H and O–H groups in total. The van der Waals surface area contributed by atoms with Crippen molar-refractivity contribution in [3.63, 3.8) is 0 Å². The van der Waals surface area contributed by atoms with E-state index in [1.807, 2.05) is 12.1 Å². The Balaban J connectivity index is 0.000000176. The van der Waals surface area contributed by atoms with E-state index in [1.165, 1.54) is 16.6 Å². The number of aromatic nitrogens is 1. The fraction of sp³-hybridized carbons (Fsp3) is 0. The summed E-state index contributed by atoms with van der Waals surface area (Å²) < 4.78 is 2.14. The minimum absolute atomic E-state index is 0.447. The molecule has 4 rings (SSSR count). The molecule has 0 radical (unpaired) electrons. The quantitative estimate of drug-likeness (QED) is 0.368. The van der Waals surface area contributed by atoms with Crippen molar-refractivity contribution in [3.8, 4) is 16.9 Å². The van der Waals surface area contributed by atoms with Gasteiger partial charge in [-0.05, 0) is 23.8 Å². The van der Waals surface area contributed by atoms with Crippen LogP contribution in [0.4, 0.5) is 17.1 Å². The van der Waals surface area contributed by atoms with E-state index in [0.29, 0.717) is 12.1 Å². The Morgan fingerprint density at radius 3 is 1.81 bits per heavy atom. The first kappa shape index (κ1) is 20.9. The summed E-state index contributed by atoms with van der Waals surface area (Å²) in [6, 6.07) is 19.8. The summed E-state index contributed by atoms with van der Waals surface area (Å²) in [6.45, 7) is 0. The minimum atomic E-state index is -1.21. The lowest BCUT2D eigenvalue weighted by Gasteiger charge is -1.97. The third kappa shape index (κ3) is 4.62. The van der Waals surface area contributed by atoms with Gasteiger partial charge in [-0.15, -0.1) is 0 Å². The van der Waals surface area contributed by atoms with Crippen LogP contribution < -0.4 is 0 Å². The van der Waals surface area contributed by atoms with Crippen molar-refractivity contribution in [1.29, 1.82) is 0 Å². The second kappa shape index (κ2) is 8.69. The highest BCUT2D eigenvalue weighted by molar-refractivity contribution is 5.70. The van der Waals surface area contributed by atoms with Crippen LogP contribution in [0.5, 0.6) is 5.75 Å². The normalized spacial score (nSPS) is 10.2. The van der Waals surface area contributed by atoms with E-state index < -0.39 is 37.6 Å². The molecule has 0 fully saturated rings. The molecule has 11 heteroatoms. The van der Waals surface area contributed by atoms with Crippen LogP contribution in [0.25, 0.3) is 16.6 Å². The summed E-state index contributed by atoms with van der Waals surface area (Å²) in [5.41, 5.74) is 0.761. The minimum Gasteiger partial charge on any atom is -0.497 e. The van der Waals surface area contributed by atoms with Crippen molar-refractivity contribution in [1.82, 2.24) is 4.40 Å². The van der Waals surface area contributed by atoms with Crippen molar-refractivity contribution in [2.45, 2.75) is 0 Å². The zero-order valence-corrected chi connectivity index (χ0v) is 15.7. The molecule has 0 amide bonds. The lowest BCUT2D eigenvalue weighted by molar-refractivity contribution is -0.404. The molecule has 0 aliphatic carbocycles. The van der Waals surface area contributed by atoms with E-state index in [-0.39, 0.29) is 0 Å². The van der Waals surface area contributed by atoms with E-state index in [4.69, 9.17) is 5.11 Å². The van der Waals surface area contributed by atoms with Gasteiger partial charge < -0.3 is 9.51 Å². The molecule has 0 unspecified atom stereocenters. The van der Waals surface area contributed by atoms with Crippen LogP contribution in [0.1, 0.15) is 0 Å². The number of phenolic OH excluding ortho intramolecular Hbond substituents is 1. The van der Waals surface area contributed by atoms with Gasteiger partial charge in [0.25, 0.3) is 11.4 Å². The van der Waals surface area contributed by atoms with Gasteiger partial charge in [0.15, 0.2) is 0 Å². The fourth-order valence-electron chi connectivity index (χ4n) is 2.82. The van der Waals surface area contributed by atoms with Crippen LogP contribution in [-0.4, -0.2) is 24.3 Å². The summed E-state index contributed by atoms with van der Waals surface area (Å²) in [7, 11) is 0. The molecule has 0 aliphatic rings. The highest BCUT2D eigenvalue weighted by Crippen LogP contribution is 2.38. The molecule has 0 spiro atoms. The number of rotatable bonds is 4. The summed E-state index contributed by atoms with van der Waals surface area (Å²) in [5.74, 6) is -1.21. The Kier molecular flexibility index (Phi) is 5.87. The molecule has 4 aromatic rings. The average molecular weight is 422 g/mol. The molecule has 0 saturated carbocycles. The summed E-state index contributed by atoms with van der Waals surface area (Å²) in [4.78, 5) is 27.8. The molecule has 0 bridgehead atoms. The second-order valence-corrected chi connectivity index (χ2v) is 6.23. The molecule has 156 valence electrons. The third-order valence-electron chi connectivity index (χ3n) is 4.27. The molecule has 31 heavy (non-hydrogen) atoms. The Morgan fingerprint density at radius 1 is 0.710 bits per heavy atom. The molecule has 2 heterocycles. The smallest absolute Gasteiger partial charge is 0.324 e. The predicted molar refractivity (Wildman–Crippen MR) is 111 cm³/mol. The van der Waals surface area contributed by atoms with E-state index in [0.717, 1.165) is 0 Å². The predicted octanol–water partition coefficient (Wildman–Crippen LogP) is 4.72. The fourth-order valence-corrected chi connectivity index (χ4v) is 2.82. The highest BCUT2D eigenvalue weighted by atomic mass is 16.6. The molecule has 2 aromatic carbocycles. The van der Waals surface area contributed by atoms with Crippen molar-refractivity contribution < 1.29 is 19.9 Å². The summed E-state index contributed by atoms with van der Waals surface area (Å²) >= 11 is 0. The second-order valence-electron chi connectivity index (χ2n) is 6.23. The number of aromatic hydroxyl groups is 1. The number of pyridine rings is 1. The van der Waals surface area contributed by atoms with Crippen LogP contribution in [0.2, 0.25) is 0 Å². The van der Waals surface area contributed by atoms with E-state index in [1.54, 1.807) is 0 Å². The molecule has 0 atom stereocenters. The monoisotopic (exact) mass is 422 g/mol. The molecular formula is C20H14N4O7. The van der Waals surface area contributed by atoms with Crippen molar-refractivity contribution >= 4 is 22.6 Å². The van der Waals surface area contributed by atoms with Gasteiger partial charge in [0.2, 0.25) is 0 Å². The number of hydrogen-bond acceptors (Lipinski definition) is 7. The van der Waals surface area contributed by atoms with Crippen LogP contribution in [0.15, 0.2) is 79.1 Å². The van der Waals surface area contributed by atoms with Crippen LogP contribution in [0.3, 0.4) is 0 Å². The van der Waals surface area contributed by atoms with Crippen LogP contribution in [-0.2, 0) is 0 Å². The van der Waals surface area contributed by atoms with Crippen molar-refractivity contribution in [3.05, 3.63) is 109 Å². The zero-order valence-electron chi connectivity index (χ0n) is 15.7. The Bertz CT molecular complexity index is 1220. The summed E-state index contributed by atoms with van der Waals surface area (Å²) in [6.07, 6.45) is 4.23. The first-order valence-electron chi connectivity index (χ1n) is 8.70. The maximum Gasteiger partial charge on any atom is 0.324 e. The number of nitro benzene ring substituents is 3. The van der Waals surface area contributed by atoms with Gasteiger partial charge in [0.05, 0.1) is 26.9 Å². The Labute approximate surface area is 173 Å². The molecule has 2 aromatic heterocycles. The van der Waals surface area contributed by atoms with Crippen LogP contribution in [0, 0.1) is 30.3 Å². The van der Waals surface area contributed by atoms with Crippen LogP contribution >= 0.6 is 0 Å². The molecule has 0 aliphatic heterocycles. The number of phenols is 1. The van der Waals surface area contributed by atoms with Gasteiger partial charge in [-0.3, -0.25) is 30.3 Å². The Hall–Kier alpha value is -4.80. The number of nitro groups is 3. The number of non-ortho nitro benzene ring substituents is 1. The molecular weight excluding hydrogens is 408 g/mol. The first-order valence-corrected chi connectivity index (χ1v) is 8.70. The van der Waals surface area contributed by atoms with E-state index >= 15 is 0 Å².